The van der Waals surface area contributed by atoms with E-state index in [0.717, 1.165) is 27.8 Å². The van der Waals surface area contributed by atoms with Crippen molar-refractivity contribution in [3.63, 3.8) is 0 Å². The molecule has 1 aliphatic carbocycles. The van der Waals surface area contributed by atoms with Crippen molar-refractivity contribution in [2.24, 2.45) is 0 Å². The zero-order chi connectivity index (χ0) is 31.2. The Balaban J connectivity index is 1.47. The number of hydrogen-bond acceptors (Lipinski definition) is 6. The van der Waals surface area contributed by atoms with Crippen molar-refractivity contribution in [1.29, 1.82) is 0 Å². The molecule has 4 rings (SSSR count). The number of amides is 1. The van der Waals surface area contributed by atoms with Gasteiger partial charge in [-0.15, -0.1) is 0 Å². The van der Waals surface area contributed by atoms with Crippen molar-refractivity contribution in [3.05, 3.63) is 95.6 Å². The Kier molecular flexibility index (Phi) is 10.4. The number of rotatable bonds is 11. The van der Waals surface area contributed by atoms with Crippen LogP contribution in [-0.4, -0.2) is 57.8 Å². The summed E-state index contributed by atoms with van der Waals surface area (Å²) in [7, 11) is -0.811. The molecule has 3 aromatic rings. The fourth-order valence-corrected chi connectivity index (χ4v) is 6.23. The maximum atomic E-state index is 13.2. The minimum Gasteiger partial charge on any atom is -0.467 e. The van der Waals surface area contributed by atoms with Gasteiger partial charge in [-0.05, 0) is 52.4 Å². The minimum atomic E-state index is -2.15. The van der Waals surface area contributed by atoms with Crippen LogP contribution in [0.2, 0.25) is 18.1 Å². The van der Waals surface area contributed by atoms with Gasteiger partial charge in [0.05, 0.1) is 24.7 Å². The van der Waals surface area contributed by atoms with E-state index in [1.54, 1.807) is 0 Å². The van der Waals surface area contributed by atoms with Crippen LogP contribution in [0, 0.1) is 0 Å². The first-order chi connectivity index (χ1) is 20.4. The van der Waals surface area contributed by atoms with Crippen LogP contribution in [-0.2, 0) is 25.1 Å². The third-order valence-electron chi connectivity index (χ3n) is 8.45. The molecular weight excluding hydrogens is 577 g/mol. The summed E-state index contributed by atoms with van der Waals surface area (Å²) in [6.45, 7) is 10.9. The van der Waals surface area contributed by atoms with Crippen molar-refractivity contribution in [1.82, 2.24) is 10.6 Å². The summed E-state index contributed by atoms with van der Waals surface area (Å²) < 4.78 is 17.2. The molecule has 0 spiro atoms. The van der Waals surface area contributed by atoms with Crippen LogP contribution in [0.4, 0.5) is 4.79 Å². The molecule has 0 heterocycles. The summed E-state index contributed by atoms with van der Waals surface area (Å²) in [6.07, 6.45) is -0.174. The van der Waals surface area contributed by atoms with Crippen LogP contribution in [0.1, 0.15) is 43.4 Å². The molecule has 2 atom stereocenters. The number of carbonyl (C=O) groups is 2. The normalized spacial score (nSPS) is 14.2. The molecule has 0 saturated carbocycles. The van der Waals surface area contributed by atoms with Gasteiger partial charge in [-0.25, -0.2) is 9.59 Å². The van der Waals surface area contributed by atoms with Gasteiger partial charge in [0.15, 0.2) is 8.32 Å². The molecule has 2 N–H and O–H groups in total. The van der Waals surface area contributed by atoms with Gasteiger partial charge in [-0.3, -0.25) is 0 Å². The number of thiocarbonyl (C=S) groups is 1. The lowest BCUT2D eigenvalue weighted by molar-refractivity contribution is -0.143. The van der Waals surface area contributed by atoms with Crippen LogP contribution in [0.25, 0.3) is 11.1 Å². The van der Waals surface area contributed by atoms with E-state index in [1.807, 2.05) is 54.6 Å². The van der Waals surface area contributed by atoms with Gasteiger partial charge >= 0.3 is 12.1 Å². The highest BCUT2D eigenvalue weighted by Crippen LogP contribution is 2.44. The second-order valence-corrected chi connectivity index (χ2v) is 17.6. The number of benzene rings is 3. The van der Waals surface area contributed by atoms with Gasteiger partial charge in [0.25, 0.3) is 0 Å². The van der Waals surface area contributed by atoms with E-state index in [2.05, 4.69) is 68.8 Å². The molecule has 9 heteroatoms. The highest BCUT2D eigenvalue weighted by atomic mass is 32.1. The van der Waals surface area contributed by atoms with E-state index >= 15 is 0 Å². The molecule has 1 aliphatic rings. The zero-order valence-electron chi connectivity index (χ0n) is 25.8. The van der Waals surface area contributed by atoms with Crippen molar-refractivity contribution in [3.8, 4) is 11.1 Å². The zero-order valence-corrected chi connectivity index (χ0v) is 27.6. The Hall–Kier alpha value is -3.53. The van der Waals surface area contributed by atoms with E-state index < -0.39 is 32.5 Å². The summed E-state index contributed by atoms with van der Waals surface area (Å²) in [4.78, 5) is 26.3. The van der Waals surface area contributed by atoms with Crippen LogP contribution in [0.5, 0.6) is 0 Å². The lowest BCUT2D eigenvalue weighted by Crippen LogP contribution is -2.54. The SMILES string of the molecule is COC(=O)[C@H](CO[Si](C)(C)C(C)(C)C)NC(=S)[C@H](Cc1ccccc1)NC(=O)OCC1c2ccccc2-c2ccccc21. The van der Waals surface area contributed by atoms with Crippen LogP contribution in [0.15, 0.2) is 78.9 Å². The van der Waals surface area contributed by atoms with Gasteiger partial charge < -0.3 is 24.5 Å². The second-order valence-electron chi connectivity index (χ2n) is 12.4. The molecular formula is C34H42N2O5SSi. The number of carbonyl (C=O) groups excluding carboxylic acids is 2. The Morgan fingerprint density at radius 1 is 0.860 bits per heavy atom. The minimum absolute atomic E-state index is 0.0321. The fourth-order valence-electron chi connectivity index (χ4n) is 4.93. The molecule has 0 bridgehead atoms. The van der Waals surface area contributed by atoms with Gasteiger partial charge in [0, 0.05) is 5.92 Å². The highest BCUT2D eigenvalue weighted by Gasteiger charge is 2.39. The maximum absolute atomic E-state index is 13.2. The summed E-state index contributed by atoms with van der Waals surface area (Å²) in [5.74, 6) is -0.548. The molecule has 0 radical (unpaired) electrons. The largest absolute Gasteiger partial charge is 0.467 e. The first-order valence-corrected chi connectivity index (χ1v) is 17.9. The van der Waals surface area contributed by atoms with Gasteiger partial charge in [0.2, 0.25) is 0 Å². The standard InChI is InChI=1S/C34H42N2O5SSi/c1-34(2,3)43(5,6)41-22-30(32(37)39-4)35-31(42)29(20-23-14-8-7-9-15-23)36-33(38)40-21-28-26-18-12-10-16-24(26)25-17-11-13-19-27(25)28/h7-19,28-30H,20-22H2,1-6H3,(H,35,42)(H,36,38)/t29-,30-/m0/s1. The second kappa shape index (κ2) is 13.8. The van der Waals surface area contributed by atoms with Gasteiger partial charge in [-0.2, -0.15) is 0 Å². The fraction of sp³-hybridized carbons (Fsp3) is 0.382. The summed E-state index contributed by atoms with van der Waals surface area (Å²) >= 11 is 5.78. The van der Waals surface area contributed by atoms with Crippen molar-refractivity contribution in [2.45, 2.75) is 63.3 Å². The van der Waals surface area contributed by atoms with E-state index in [0.29, 0.717) is 11.4 Å². The van der Waals surface area contributed by atoms with Gasteiger partial charge in [0.1, 0.15) is 12.6 Å². The third-order valence-corrected chi connectivity index (χ3v) is 13.4. The molecule has 1 amide bonds. The Labute approximate surface area is 261 Å². The Morgan fingerprint density at radius 3 is 1.98 bits per heavy atom. The van der Waals surface area contributed by atoms with Crippen molar-refractivity contribution in [2.75, 3.05) is 20.3 Å². The van der Waals surface area contributed by atoms with E-state index in [9.17, 15) is 9.59 Å². The molecule has 0 aliphatic heterocycles. The van der Waals surface area contributed by atoms with Crippen LogP contribution < -0.4 is 10.6 Å². The van der Waals surface area contributed by atoms with Crippen molar-refractivity contribution < 1.29 is 23.5 Å². The number of hydrogen-bond donors (Lipinski definition) is 2. The molecule has 7 nitrogen and oxygen atoms in total. The quantitative estimate of drug-likeness (QED) is 0.142. The molecule has 0 aromatic heterocycles. The summed E-state index contributed by atoms with van der Waals surface area (Å²) in [5, 5.41) is 6.04. The Morgan fingerprint density at radius 2 is 1.42 bits per heavy atom. The summed E-state index contributed by atoms with van der Waals surface area (Å²) in [6, 6.07) is 24.7. The molecule has 3 aromatic carbocycles. The average molecular weight is 619 g/mol. The topological polar surface area (TPSA) is 85.9 Å². The Bertz CT molecular complexity index is 1390. The number of alkyl carbamates (subject to hydrolysis) is 1. The van der Waals surface area contributed by atoms with Gasteiger partial charge in [-0.1, -0.05) is 112 Å². The predicted molar refractivity (Wildman–Crippen MR) is 177 cm³/mol. The molecule has 228 valence electrons. The molecule has 43 heavy (non-hydrogen) atoms. The van der Waals surface area contributed by atoms with Crippen LogP contribution >= 0.6 is 12.2 Å². The maximum Gasteiger partial charge on any atom is 0.407 e. The van der Waals surface area contributed by atoms with Crippen molar-refractivity contribution >= 4 is 37.6 Å². The van der Waals surface area contributed by atoms with E-state index in [-0.39, 0.29) is 24.2 Å². The first-order valence-electron chi connectivity index (χ1n) is 14.6. The number of esters is 1. The predicted octanol–water partition coefficient (Wildman–Crippen LogP) is 6.62. The number of methoxy groups -OCH3 is 1. The smallest absolute Gasteiger partial charge is 0.407 e. The number of ether oxygens (including phenoxy) is 2. The summed E-state index contributed by atoms with van der Waals surface area (Å²) in [5.41, 5.74) is 5.57. The molecule has 0 fully saturated rings. The average Bonchev–Trinajstić information content (AvgIpc) is 3.31. The highest BCUT2D eigenvalue weighted by molar-refractivity contribution is 7.80. The number of fused-ring (bicyclic) bond motifs is 3. The third kappa shape index (κ3) is 7.90. The first kappa shape index (κ1) is 32.4. The van der Waals surface area contributed by atoms with Crippen LogP contribution in [0.3, 0.4) is 0 Å². The molecule has 0 saturated heterocycles. The molecule has 0 unspecified atom stereocenters. The van der Waals surface area contributed by atoms with E-state index in [1.165, 1.54) is 7.11 Å². The number of nitrogens with one attached hydrogen (secondary N) is 2. The lowest BCUT2D eigenvalue weighted by atomic mass is 9.98. The lowest BCUT2D eigenvalue weighted by Gasteiger charge is -2.37. The van der Waals surface area contributed by atoms with E-state index in [4.69, 9.17) is 26.1 Å². The monoisotopic (exact) mass is 618 g/mol.